The maximum Gasteiger partial charge on any atom is 0.242 e. The zero-order chi connectivity index (χ0) is 21.3. The third-order valence-corrected chi connectivity index (χ3v) is 14.7. The highest BCUT2D eigenvalue weighted by Gasteiger charge is 2.30. The first-order valence-corrected chi connectivity index (χ1v) is 15.2. The van der Waals surface area contributed by atoms with Crippen molar-refractivity contribution in [3.05, 3.63) is 91.0 Å². The third kappa shape index (κ3) is 3.91. The molecule has 3 unspecified atom stereocenters. The van der Waals surface area contributed by atoms with E-state index < -0.39 is 37.9 Å². The van der Waals surface area contributed by atoms with E-state index in [0.717, 1.165) is 5.96 Å². The summed E-state index contributed by atoms with van der Waals surface area (Å²) in [5, 5.41) is 3.59. The largest absolute Gasteiger partial charge is 0.346 e. The minimum Gasteiger partial charge on any atom is -0.346 e. The van der Waals surface area contributed by atoms with E-state index >= 15 is 0 Å². The Bertz CT molecular complexity index is 1200. The quantitative estimate of drug-likeness (QED) is 0.406. The van der Waals surface area contributed by atoms with Crippen molar-refractivity contribution < 1.29 is 0 Å². The Morgan fingerprint density at radius 1 is 0.677 bits per heavy atom. The van der Waals surface area contributed by atoms with Crippen LogP contribution in [0.25, 0.3) is 0 Å². The van der Waals surface area contributed by atoms with E-state index in [9.17, 15) is 0 Å². The van der Waals surface area contributed by atoms with Crippen LogP contribution in [0.1, 0.15) is 0 Å². The van der Waals surface area contributed by atoms with E-state index in [0.29, 0.717) is 0 Å². The molecule has 158 valence electrons. The fourth-order valence-electron chi connectivity index (χ4n) is 3.26. The van der Waals surface area contributed by atoms with Gasteiger partial charge in [0.2, 0.25) is 5.96 Å². The molecular weight excluding hydrogens is 463 g/mol. The van der Waals surface area contributed by atoms with E-state index in [1.165, 1.54) is 15.9 Å². The molecule has 6 nitrogen and oxygen atoms in total. The third-order valence-electron chi connectivity index (χ3n) is 4.70. The lowest BCUT2D eigenvalue weighted by Gasteiger charge is -2.26. The normalized spacial score (nSPS) is 21.9. The van der Waals surface area contributed by atoms with Crippen LogP contribution in [0.4, 0.5) is 0 Å². The lowest BCUT2D eigenvalue weighted by Crippen LogP contribution is -2.25. The summed E-state index contributed by atoms with van der Waals surface area (Å²) in [5.41, 5.74) is 0. The van der Waals surface area contributed by atoms with Crippen LogP contribution in [0.15, 0.2) is 111 Å². The van der Waals surface area contributed by atoms with Gasteiger partial charge in [-0.2, -0.15) is 12.9 Å². The molecule has 5 rings (SSSR count). The van der Waals surface area contributed by atoms with Crippen molar-refractivity contribution in [2.45, 2.75) is 0 Å². The summed E-state index contributed by atoms with van der Waals surface area (Å²) >= 11 is -0.805. The van der Waals surface area contributed by atoms with Crippen LogP contribution >= 0.6 is 7.05 Å². The summed E-state index contributed by atoms with van der Waals surface area (Å²) in [5.74, 6) is 0.720. The summed E-state index contributed by atoms with van der Waals surface area (Å²) in [6, 6.07) is 31.7. The molecule has 0 N–H and O–H groups in total. The molecule has 0 saturated carbocycles. The monoisotopic (exact) mass is 484 g/mol. The van der Waals surface area contributed by atoms with E-state index in [4.69, 9.17) is 11.7 Å². The summed E-state index contributed by atoms with van der Waals surface area (Å²) in [7, 11) is 0.469. The van der Waals surface area contributed by atoms with Crippen molar-refractivity contribution in [1.82, 2.24) is 4.90 Å². The first-order chi connectivity index (χ1) is 15.2. The SMILES string of the molecule is CN(C)C1=NS2=NS(N=P(c3ccccc3)(c3ccccc3)c3ccccc3)=NS2=N1. The predicted molar refractivity (Wildman–Crippen MR) is 138 cm³/mol. The van der Waals surface area contributed by atoms with Gasteiger partial charge in [-0.3, -0.25) is 0 Å². The van der Waals surface area contributed by atoms with Crippen molar-refractivity contribution in [3.8, 4) is 0 Å². The van der Waals surface area contributed by atoms with E-state index in [2.05, 4.69) is 81.6 Å². The maximum absolute atomic E-state index is 5.45. The van der Waals surface area contributed by atoms with E-state index in [1.807, 2.05) is 37.2 Å². The second-order valence-corrected chi connectivity index (χ2v) is 15.2. The van der Waals surface area contributed by atoms with Gasteiger partial charge in [0.25, 0.3) is 0 Å². The molecule has 3 aromatic carbocycles. The number of nitrogens with zero attached hydrogens (tertiary/aromatic N) is 6. The Morgan fingerprint density at radius 2 is 1.16 bits per heavy atom. The average Bonchev–Trinajstić information content (AvgIpc) is 3.38. The molecule has 31 heavy (non-hydrogen) atoms. The van der Waals surface area contributed by atoms with Crippen molar-refractivity contribution in [2.24, 2.45) is 20.4 Å². The van der Waals surface area contributed by atoms with Gasteiger partial charge in [-0.25, -0.2) is 0 Å². The van der Waals surface area contributed by atoms with Crippen molar-refractivity contribution in [1.29, 1.82) is 0 Å². The molecule has 10 heteroatoms. The van der Waals surface area contributed by atoms with Crippen LogP contribution in [0.5, 0.6) is 0 Å². The molecule has 0 amide bonds. The van der Waals surface area contributed by atoms with E-state index in [-0.39, 0.29) is 0 Å². The second-order valence-electron chi connectivity index (χ2n) is 6.96. The van der Waals surface area contributed by atoms with Gasteiger partial charge in [0.05, 0.1) is 7.05 Å². The van der Waals surface area contributed by atoms with Gasteiger partial charge in [0, 0.05) is 30.0 Å². The number of hydrogen-bond donors (Lipinski definition) is 0. The minimum atomic E-state index is -2.32. The Morgan fingerprint density at radius 3 is 1.58 bits per heavy atom. The highest BCUT2D eigenvalue weighted by atomic mass is 33.1. The summed E-state index contributed by atoms with van der Waals surface area (Å²) in [6.07, 6.45) is 0. The van der Waals surface area contributed by atoms with Crippen molar-refractivity contribution >= 4 is 59.8 Å². The van der Waals surface area contributed by atoms with Gasteiger partial charge in [0.15, 0.2) is 11.1 Å². The summed E-state index contributed by atoms with van der Waals surface area (Å²) in [6.45, 7) is 0. The van der Waals surface area contributed by atoms with Crippen LogP contribution in [0.2, 0.25) is 0 Å². The first kappa shape index (κ1) is 20.7. The van der Waals surface area contributed by atoms with Crippen LogP contribution < -0.4 is 15.9 Å². The molecule has 0 saturated heterocycles. The van der Waals surface area contributed by atoms with Gasteiger partial charge < -0.3 is 4.90 Å². The second kappa shape index (κ2) is 8.74. The zero-order valence-corrected chi connectivity index (χ0v) is 20.4. The Balaban J connectivity index is 1.77. The molecule has 3 atom stereocenters. The minimum absolute atomic E-state index is 0.550. The molecule has 3 aromatic rings. The molecule has 2 aliphatic heterocycles. The zero-order valence-electron chi connectivity index (χ0n) is 17.0. The molecule has 2 aliphatic rings. The Labute approximate surface area is 189 Å². The van der Waals surface area contributed by atoms with Crippen LogP contribution in [0, 0.1) is 0 Å². The van der Waals surface area contributed by atoms with Gasteiger partial charge >= 0.3 is 0 Å². The number of guanidine groups is 1. The van der Waals surface area contributed by atoms with Crippen LogP contribution in [-0.4, -0.2) is 25.0 Å². The Hall–Kier alpha value is -2.19. The lowest BCUT2D eigenvalue weighted by atomic mass is 10.4. The topological polar surface area (TPSA) is 65.0 Å². The fourth-order valence-corrected chi connectivity index (χ4v) is 14.3. The maximum atomic E-state index is 5.45. The highest BCUT2D eigenvalue weighted by molar-refractivity contribution is 8.65. The molecule has 0 fully saturated rings. The summed E-state index contributed by atoms with van der Waals surface area (Å²) < 4.78 is 24.6. The lowest BCUT2D eigenvalue weighted by molar-refractivity contribution is 0.619. The predicted octanol–water partition coefficient (Wildman–Crippen LogP) is 4.09. The average molecular weight is 485 g/mol. The molecule has 0 aliphatic carbocycles. The first-order valence-electron chi connectivity index (χ1n) is 9.61. The van der Waals surface area contributed by atoms with Gasteiger partial charge in [-0.05, 0) is 0 Å². The molecule has 0 spiro atoms. The highest BCUT2D eigenvalue weighted by Crippen LogP contribution is 2.48. The van der Waals surface area contributed by atoms with Crippen LogP contribution in [0.3, 0.4) is 0 Å². The van der Waals surface area contributed by atoms with Crippen molar-refractivity contribution in [2.75, 3.05) is 14.1 Å². The van der Waals surface area contributed by atoms with Gasteiger partial charge in [0.1, 0.15) is 19.8 Å². The van der Waals surface area contributed by atoms with Gasteiger partial charge in [-0.15, -0.1) is 7.54 Å². The smallest absolute Gasteiger partial charge is 0.242 e. The molecule has 2 heterocycles. The number of hydrogen-bond acceptors (Lipinski definition) is 6. The number of benzene rings is 3. The standard InChI is InChI=1S/C21H21N6PS3/c1-27(2)21-22-30-25-29(26-31(30)23-21)24-28(18-12-6-3-7-13-18,19-14-8-4-9-15-19)20-16-10-5-11-17-20/h3-17H,1-2H3. The van der Waals surface area contributed by atoms with E-state index in [1.54, 1.807) is 0 Å². The molecular formula is C21H21N6PS3. The van der Waals surface area contributed by atoms with Crippen molar-refractivity contribution in [3.63, 3.8) is 0 Å². The molecule has 0 bridgehead atoms. The molecule has 0 aromatic heterocycles. The van der Waals surface area contributed by atoms with Crippen LogP contribution in [-0.2, 0) is 30.9 Å². The number of rotatable bonds is 4. The summed E-state index contributed by atoms with van der Waals surface area (Å²) in [4.78, 5) is 1.91. The van der Waals surface area contributed by atoms with Gasteiger partial charge in [-0.1, -0.05) is 91.0 Å². The Kier molecular flexibility index (Phi) is 5.84. The molecule has 0 radical (unpaired) electrons. The fraction of sp³-hybridized carbons (Fsp3) is 0.0952. The number of fused-ring (bicyclic) bond motifs is 1.